The Hall–Kier alpha value is -1.78. The zero-order chi connectivity index (χ0) is 14.1. The molecule has 0 spiro atoms. The van der Waals surface area contributed by atoms with Crippen LogP contribution in [0.4, 0.5) is 0 Å². The lowest BCUT2D eigenvalue weighted by atomic mass is 9.87. The van der Waals surface area contributed by atoms with Gasteiger partial charge in [-0.3, -0.25) is 4.40 Å². The zero-order valence-electron chi connectivity index (χ0n) is 12.1. The molecule has 2 aromatic heterocycles. The highest BCUT2D eigenvalue weighted by Gasteiger charge is 2.21. The average molecular weight is 275 g/mol. The molecule has 3 rings (SSSR count). The third kappa shape index (κ3) is 2.21. The second-order valence-corrected chi connectivity index (χ2v) is 5.50. The fraction of sp³-hybridized carbons (Fsp3) is 0.600. The molecule has 2 heterocycles. The second-order valence-electron chi connectivity index (χ2n) is 5.50. The number of rotatable bonds is 3. The number of imidazole rings is 2. The van der Waals surface area contributed by atoms with Crippen molar-refractivity contribution < 1.29 is 9.53 Å². The standard InChI is InChI=1S/C15H21N3O2/c1-3-20-14(19)13-10-18-9-12(16-15(18)17(13)2)11-7-5-4-6-8-11/h9-11H,3-8H2,1-2H3. The van der Waals surface area contributed by atoms with Gasteiger partial charge in [0.2, 0.25) is 5.78 Å². The van der Waals surface area contributed by atoms with Gasteiger partial charge in [0.15, 0.2) is 0 Å². The summed E-state index contributed by atoms with van der Waals surface area (Å²) in [4.78, 5) is 16.6. The van der Waals surface area contributed by atoms with E-state index < -0.39 is 0 Å². The average Bonchev–Trinajstić information content (AvgIpc) is 3.00. The molecule has 0 bridgehead atoms. The summed E-state index contributed by atoms with van der Waals surface area (Å²) in [5.74, 6) is 1.10. The van der Waals surface area contributed by atoms with Gasteiger partial charge in [0.1, 0.15) is 5.69 Å². The normalized spacial score (nSPS) is 16.7. The first kappa shape index (κ1) is 13.2. The van der Waals surface area contributed by atoms with Crippen LogP contribution < -0.4 is 0 Å². The van der Waals surface area contributed by atoms with E-state index in [1.807, 2.05) is 29.1 Å². The molecule has 0 aromatic carbocycles. The summed E-state index contributed by atoms with van der Waals surface area (Å²) in [5, 5.41) is 0. The van der Waals surface area contributed by atoms with E-state index in [1.165, 1.54) is 32.1 Å². The summed E-state index contributed by atoms with van der Waals surface area (Å²) >= 11 is 0. The second kappa shape index (κ2) is 5.31. The quantitative estimate of drug-likeness (QED) is 0.809. The van der Waals surface area contributed by atoms with Gasteiger partial charge in [-0.2, -0.15) is 0 Å². The predicted octanol–water partition coefficient (Wildman–Crippen LogP) is 2.90. The highest BCUT2D eigenvalue weighted by Crippen LogP contribution is 2.32. The number of hydrogen-bond donors (Lipinski definition) is 0. The molecule has 1 aliphatic rings. The van der Waals surface area contributed by atoms with Gasteiger partial charge in [-0.15, -0.1) is 0 Å². The van der Waals surface area contributed by atoms with E-state index in [0.717, 1.165) is 11.5 Å². The minimum absolute atomic E-state index is 0.292. The number of aromatic nitrogens is 3. The van der Waals surface area contributed by atoms with Gasteiger partial charge in [0.05, 0.1) is 12.3 Å². The lowest BCUT2D eigenvalue weighted by molar-refractivity contribution is 0.0515. The largest absolute Gasteiger partial charge is 0.461 e. The van der Waals surface area contributed by atoms with Crippen LogP contribution in [0.1, 0.15) is 61.1 Å². The summed E-state index contributed by atoms with van der Waals surface area (Å²) in [6, 6.07) is 0. The Morgan fingerprint density at radius 1 is 1.35 bits per heavy atom. The van der Waals surface area contributed by atoms with E-state index >= 15 is 0 Å². The highest BCUT2D eigenvalue weighted by molar-refractivity contribution is 5.88. The van der Waals surface area contributed by atoms with Gasteiger partial charge in [0.25, 0.3) is 0 Å². The molecule has 1 aliphatic carbocycles. The van der Waals surface area contributed by atoms with Crippen molar-refractivity contribution in [1.29, 1.82) is 0 Å². The third-order valence-electron chi connectivity index (χ3n) is 4.16. The predicted molar refractivity (Wildman–Crippen MR) is 75.9 cm³/mol. The molecule has 0 N–H and O–H groups in total. The van der Waals surface area contributed by atoms with Crippen molar-refractivity contribution in [3.8, 4) is 0 Å². The Kier molecular flexibility index (Phi) is 3.51. The van der Waals surface area contributed by atoms with Gasteiger partial charge in [-0.05, 0) is 19.8 Å². The molecule has 0 saturated heterocycles. The van der Waals surface area contributed by atoms with E-state index in [1.54, 1.807) is 0 Å². The maximum Gasteiger partial charge on any atom is 0.356 e. The van der Waals surface area contributed by atoms with Crippen LogP contribution in [0, 0.1) is 0 Å². The Morgan fingerprint density at radius 3 is 2.75 bits per heavy atom. The van der Waals surface area contributed by atoms with Gasteiger partial charge < -0.3 is 9.30 Å². The van der Waals surface area contributed by atoms with Gasteiger partial charge in [-0.1, -0.05) is 19.3 Å². The number of fused-ring (bicyclic) bond motifs is 1. The molecule has 0 amide bonds. The van der Waals surface area contributed by atoms with E-state index in [-0.39, 0.29) is 5.97 Å². The molecule has 0 unspecified atom stereocenters. The number of carbonyl (C=O) groups excluding carboxylic acids is 1. The van der Waals surface area contributed by atoms with Crippen molar-refractivity contribution in [1.82, 2.24) is 14.0 Å². The molecule has 0 atom stereocenters. The minimum atomic E-state index is -0.292. The summed E-state index contributed by atoms with van der Waals surface area (Å²) in [6.45, 7) is 2.20. The summed E-state index contributed by atoms with van der Waals surface area (Å²) in [6.07, 6.45) is 10.3. The number of nitrogens with zero attached hydrogens (tertiary/aromatic N) is 3. The van der Waals surface area contributed by atoms with Crippen LogP contribution in [0.15, 0.2) is 12.4 Å². The minimum Gasteiger partial charge on any atom is -0.461 e. The van der Waals surface area contributed by atoms with Crippen LogP contribution in [0.2, 0.25) is 0 Å². The van der Waals surface area contributed by atoms with Crippen LogP contribution in [-0.4, -0.2) is 26.5 Å². The monoisotopic (exact) mass is 275 g/mol. The first-order valence-corrected chi connectivity index (χ1v) is 7.42. The van der Waals surface area contributed by atoms with E-state index in [2.05, 4.69) is 6.20 Å². The van der Waals surface area contributed by atoms with Crippen molar-refractivity contribution in [2.45, 2.75) is 44.9 Å². The molecule has 0 aliphatic heterocycles. The fourth-order valence-corrected chi connectivity index (χ4v) is 3.06. The number of hydrogen-bond acceptors (Lipinski definition) is 3. The molecule has 5 heteroatoms. The summed E-state index contributed by atoms with van der Waals surface area (Å²) in [5.41, 5.74) is 1.70. The molecular formula is C15H21N3O2. The third-order valence-corrected chi connectivity index (χ3v) is 4.16. The molecule has 1 saturated carbocycles. The number of carbonyl (C=O) groups is 1. The maximum absolute atomic E-state index is 11.8. The topological polar surface area (TPSA) is 48.5 Å². The molecular weight excluding hydrogens is 254 g/mol. The summed E-state index contributed by atoms with van der Waals surface area (Å²) < 4.78 is 8.80. The lowest BCUT2D eigenvalue weighted by Crippen LogP contribution is -2.10. The van der Waals surface area contributed by atoms with Crippen LogP contribution in [0.25, 0.3) is 5.78 Å². The first-order valence-electron chi connectivity index (χ1n) is 7.42. The lowest BCUT2D eigenvalue weighted by Gasteiger charge is -2.19. The SMILES string of the molecule is CCOC(=O)c1cn2cc(C3CCCCC3)nc2n1C. The smallest absolute Gasteiger partial charge is 0.356 e. The van der Waals surface area contributed by atoms with Crippen LogP contribution in [0.5, 0.6) is 0 Å². The molecule has 20 heavy (non-hydrogen) atoms. The Morgan fingerprint density at radius 2 is 2.10 bits per heavy atom. The van der Waals surface area contributed by atoms with E-state index in [4.69, 9.17) is 9.72 Å². The molecule has 5 nitrogen and oxygen atoms in total. The molecule has 108 valence electrons. The Bertz CT molecular complexity index is 620. The van der Waals surface area contributed by atoms with Crippen LogP contribution in [-0.2, 0) is 11.8 Å². The molecule has 1 fully saturated rings. The van der Waals surface area contributed by atoms with Gasteiger partial charge in [0, 0.05) is 25.4 Å². The van der Waals surface area contributed by atoms with Crippen LogP contribution >= 0.6 is 0 Å². The van der Waals surface area contributed by atoms with Crippen LogP contribution in [0.3, 0.4) is 0 Å². The number of esters is 1. The number of ether oxygens (including phenoxy) is 1. The fourth-order valence-electron chi connectivity index (χ4n) is 3.06. The Balaban J connectivity index is 1.91. The zero-order valence-corrected chi connectivity index (χ0v) is 12.1. The van der Waals surface area contributed by atoms with Crippen molar-refractivity contribution in [2.75, 3.05) is 6.61 Å². The Labute approximate surface area is 118 Å². The maximum atomic E-state index is 11.8. The number of aryl methyl sites for hydroxylation is 1. The van der Waals surface area contributed by atoms with Gasteiger partial charge in [-0.25, -0.2) is 9.78 Å². The summed E-state index contributed by atoms with van der Waals surface area (Å²) in [7, 11) is 1.86. The van der Waals surface area contributed by atoms with Gasteiger partial charge >= 0.3 is 5.97 Å². The van der Waals surface area contributed by atoms with Crippen molar-refractivity contribution >= 4 is 11.7 Å². The molecule has 2 aromatic rings. The van der Waals surface area contributed by atoms with Crippen molar-refractivity contribution in [3.63, 3.8) is 0 Å². The highest BCUT2D eigenvalue weighted by atomic mass is 16.5. The van der Waals surface area contributed by atoms with Crippen molar-refractivity contribution in [3.05, 3.63) is 23.8 Å². The molecule has 0 radical (unpaired) electrons. The first-order chi connectivity index (χ1) is 9.70. The van der Waals surface area contributed by atoms with E-state index in [0.29, 0.717) is 18.2 Å². The van der Waals surface area contributed by atoms with Crippen molar-refractivity contribution in [2.24, 2.45) is 7.05 Å². The van der Waals surface area contributed by atoms with E-state index in [9.17, 15) is 4.79 Å².